The third-order valence-electron chi connectivity index (χ3n) is 3.30. The van der Waals surface area contributed by atoms with E-state index in [0.717, 1.165) is 24.5 Å². The van der Waals surface area contributed by atoms with Crippen molar-refractivity contribution < 1.29 is 4.74 Å². The van der Waals surface area contributed by atoms with Crippen molar-refractivity contribution in [3.05, 3.63) is 16.1 Å². The van der Waals surface area contributed by atoms with E-state index in [1.807, 2.05) is 0 Å². The highest BCUT2D eigenvalue weighted by Crippen LogP contribution is 2.32. The molecule has 4 heteroatoms. The van der Waals surface area contributed by atoms with E-state index < -0.39 is 0 Å². The molecule has 17 heavy (non-hydrogen) atoms. The van der Waals surface area contributed by atoms with Crippen LogP contribution in [0.1, 0.15) is 50.7 Å². The number of hydrogen-bond donors (Lipinski definition) is 1. The summed E-state index contributed by atoms with van der Waals surface area (Å²) in [4.78, 5) is 4.73. The van der Waals surface area contributed by atoms with Crippen LogP contribution in [0, 0.1) is 0 Å². The number of rotatable bonds is 7. The molecule has 98 valence electrons. The predicted octanol–water partition coefficient (Wildman–Crippen LogP) is 3.13. The third kappa shape index (κ3) is 3.50. The van der Waals surface area contributed by atoms with Crippen LogP contribution in [0.4, 0.5) is 0 Å². The SMILES string of the molecule is CCNCC(C)c1csc(C(C)(CC)OC)n1. The maximum absolute atomic E-state index is 5.58. The van der Waals surface area contributed by atoms with Gasteiger partial charge < -0.3 is 10.1 Å². The number of aromatic nitrogens is 1. The third-order valence-corrected chi connectivity index (χ3v) is 4.41. The second-order valence-electron chi connectivity index (χ2n) is 4.57. The molecule has 0 saturated heterocycles. The maximum Gasteiger partial charge on any atom is 0.125 e. The second kappa shape index (κ2) is 6.47. The largest absolute Gasteiger partial charge is 0.371 e. The van der Waals surface area contributed by atoms with Crippen LogP contribution in [0.3, 0.4) is 0 Å². The lowest BCUT2D eigenvalue weighted by Crippen LogP contribution is -2.23. The summed E-state index contributed by atoms with van der Waals surface area (Å²) >= 11 is 1.70. The summed E-state index contributed by atoms with van der Waals surface area (Å²) in [5.41, 5.74) is 0.934. The lowest BCUT2D eigenvalue weighted by molar-refractivity contribution is -0.00169. The van der Waals surface area contributed by atoms with Crippen LogP contribution in [0.2, 0.25) is 0 Å². The van der Waals surface area contributed by atoms with E-state index >= 15 is 0 Å². The fourth-order valence-electron chi connectivity index (χ4n) is 1.60. The van der Waals surface area contributed by atoms with Gasteiger partial charge in [-0.1, -0.05) is 20.8 Å². The Morgan fingerprint density at radius 3 is 2.76 bits per heavy atom. The minimum absolute atomic E-state index is 0.235. The van der Waals surface area contributed by atoms with Gasteiger partial charge in [-0.3, -0.25) is 0 Å². The fourth-order valence-corrected chi connectivity index (χ4v) is 2.76. The Kier molecular flexibility index (Phi) is 5.56. The molecule has 0 aliphatic carbocycles. The molecule has 1 aromatic heterocycles. The van der Waals surface area contributed by atoms with E-state index in [4.69, 9.17) is 9.72 Å². The molecule has 0 aromatic carbocycles. The van der Waals surface area contributed by atoms with E-state index in [-0.39, 0.29) is 5.60 Å². The molecule has 2 unspecified atom stereocenters. The average molecular weight is 256 g/mol. The Labute approximate surface area is 109 Å². The molecule has 0 bridgehead atoms. The lowest BCUT2D eigenvalue weighted by Gasteiger charge is -2.23. The summed E-state index contributed by atoms with van der Waals surface area (Å²) in [6.45, 7) is 10.6. The molecule has 0 radical (unpaired) electrons. The van der Waals surface area contributed by atoms with Gasteiger partial charge in [0.1, 0.15) is 10.6 Å². The highest BCUT2D eigenvalue weighted by atomic mass is 32.1. The standard InChI is InChI=1S/C13H24N2OS/c1-6-13(4,16-5)12-15-11(9-17-12)10(3)8-14-7-2/h9-10,14H,6-8H2,1-5H3. The van der Waals surface area contributed by atoms with Gasteiger partial charge in [0.2, 0.25) is 0 Å². The van der Waals surface area contributed by atoms with Crippen molar-refractivity contribution in [2.24, 2.45) is 0 Å². The van der Waals surface area contributed by atoms with E-state index in [1.165, 1.54) is 5.69 Å². The molecule has 2 atom stereocenters. The van der Waals surface area contributed by atoms with Crippen LogP contribution in [-0.2, 0) is 10.3 Å². The number of thiazole rings is 1. The van der Waals surface area contributed by atoms with Crippen molar-refractivity contribution in [2.75, 3.05) is 20.2 Å². The first kappa shape index (κ1) is 14.6. The fraction of sp³-hybridized carbons (Fsp3) is 0.769. The van der Waals surface area contributed by atoms with Gasteiger partial charge in [-0.05, 0) is 19.9 Å². The minimum Gasteiger partial charge on any atom is -0.371 e. The van der Waals surface area contributed by atoms with Gasteiger partial charge in [-0.25, -0.2) is 4.98 Å². The topological polar surface area (TPSA) is 34.1 Å². The van der Waals surface area contributed by atoms with Crippen molar-refractivity contribution in [2.45, 2.75) is 45.6 Å². The zero-order chi connectivity index (χ0) is 12.9. The maximum atomic E-state index is 5.58. The van der Waals surface area contributed by atoms with Gasteiger partial charge >= 0.3 is 0 Å². The molecule has 0 saturated carbocycles. The zero-order valence-electron chi connectivity index (χ0n) is 11.5. The number of ether oxygens (including phenoxy) is 1. The molecule has 1 heterocycles. The van der Waals surface area contributed by atoms with Gasteiger partial charge in [-0.2, -0.15) is 0 Å². The van der Waals surface area contributed by atoms with Crippen LogP contribution in [0.15, 0.2) is 5.38 Å². The van der Waals surface area contributed by atoms with Crippen molar-refractivity contribution >= 4 is 11.3 Å². The second-order valence-corrected chi connectivity index (χ2v) is 5.43. The average Bonchev–Trinajstić information content (AvgIpc) is 2.85. The summed E-state index contributed by atoms with van der Waals surface area (Å²) < 4.78 is 5.58. The van der Waals surface area contributed by atoms with Crippen LogP contribution >= 0.6 is 11.3 Å². The van der Waals surface area contributed by atoms with Crippen LogP contribution in [0.25, 0.3) is 0 Å². The number of methoxy groups -OCH3 is 1. The molecular weight excluding hydrogens is 232 g/mol. The highest BCUT2D eigenvalue weighted by molar-refractivity contribution is 7.09. The van der Waals surface area contributed by atoms with Gasteiger partial charge in [0, 0.05) is 25.0 Å². The minimum atomic E-state index is -0.235. The first-order valence-corrected chi connectivity index (χ1v) is 7.17. The molecule has 0 aliphatic heterocycles. The molecule has 1 rings (SSSR count). The van der Waals surface area contributed by atoms with Crippen LogP contribution < -0.4 is 5.32 Å². The molecule has 3 nitrogen and oxygen atoms in total. The molecule has 0 fully saturated rings. The number of hydrogen-bond acceptors (Lipinski definition) is 4. The van der Waals surface area contributed by atoms with Crippen molar-refractivity contribution in [3.63, 3.8) is 0 Å². The van der Waals surface area contributed by atoms with E-state index in [0.29, 0.717) is 5.92 Å². The summed E-state index contributed by atoms with van der Waals surface area (Å²) in [5, 5.41) is 6.60. The summed E-state index contributed by atoms with van der Waals surface area (Å²) in [7, 11) is 1.76. The van der Waals surface area contributed by atoms with Gasteiger partial charge in [0.25, 0.3) is 0 Å². The predicted molar refractivity (Wildman–Crippen MR) is 73.7 cm³/mol. The zero-order valence-corrected chi connectivity index (χ0v) is 12.4. The van der Waals surface area contributed by atoms with E-state index in [2.05, 4.69) is 38.4 Å². The first-order chi connectivity index (χ1) is 8.07. The Hall–Kier alpha value is -0.450. The van der Waals surface area contributed by atoms with Gasteiger partial charge in [0.15, 0.2) is 0 Å². The first-order valence-electron chi connectivity index (χ1n) is 6.29. The van der Waals surface area contributed by atoms with Gasteiger partial charge in [0.05, 0.1) is 5.69 Å². The monoisotopic (exact) mass is 256 g/mol. The summed E-state index contributed by atoms with van der Waals surface area (Å²) in [6, 6.07) is 0. The number of likely N-dealkylation sites (N-methyl/N-ethyl adjacent to an activating group) is 1. The quantitative estimate of drug-likeness (QED) is 0.814. The smallest absolute Gasteiger partial charge is 0.125 e. The number of nitrogens with zero attached hydrogens (tertiary/aromatic N) is 1. The van der Waals surface area contributed by atoms with Crippen LogP contribution in [-0.4, -0.2) is 25.2 Å². The van der Waals surface area contributed by atoms with Crippen LogP contribution in [0.5, 0.6) is 0 Å². The Morgan fingerprint density at radius 2 is 2.24 bits per heavy atom. The molecular formula is C13H24N2OS. The molecule has 0 aliphatic rings. The Morgan fingerprint density at radius 1 is 1.53 bits per heavy atom. The molecule has 0 spiro atoms. The lowest BCUT2D eigenvalue weighted by atomic mass is 10.0. The Bertz CT molecular complexity index is 334. The highest BCUT2D eigenvalue weighted by Gasteiger charge is 2.28. The number of nitrogens with one attached hydrogen (secondary N) is 1. The van der Waals surface area contributed by atoms with E-state index in [1.54, 1.807) is 18.4 Å². The van der Waals surface area contributed by atoms with E-state index in [9.17, 15) is 0 Å². The van der Waals surface area contributed by atoms with Crippen molar-refractivity contribution in [1.82, 2.24) is 10.3 Å². The summed E-state index contributed by atoms with van der Waals surface area (Å²) in [5.74, 6) is 0.456. The molecule has 1 aromatic rings. The van der Waals surface area contributed by atoms with Gasteiger partial charge in [-0.15, -0.1) is 11.3 Å². The summed E-state index contributed by atoms with van der Waals surface area (Å²) in [6.07, 6.45) is 0.943. The molecule has 0 amide bonds. The van der Waals surface area contributed by atoms with Crippen molar-refractivity contribution in [1.29, 1.82) is 0 Å². The molecule has 1 N–H and O–H groups in total. The Balaban J connectivity index is 2.77. The normalized spacial score (nSPS) is 16.8. The van der Waals surface area contributed by atoms with Crippen molar-refractivity contribution in [3.8, 4) is 0 Å².